The minimum atomic E-state index is -0.256. The normalized spacial score (nSPS) is 14.0. The molecule has 148 valence electrons. The van der Waals surface area contributed by atoms with Crippen molar-refractivity contribution in [2.24, 2.45) is 0 Å². The molecule has 4 rings (SSSR count). The number of nitrogens with one attached hydrogen (secondary N) is 1. The van der Waals surface area contributed by atoms with E-state index in [2.05, 4.69) is 5.32 Å². The van der Waals surface area contributed by atoms with E-state index in [1.165, 1.54) is 17.4 Å². The first-order chi connectivity index (χ1) is 14.1. The third kappa shape index (κ3) is 4.14. The first-order valence-electron chi connectivity index (χ1n) is 9.36. The van der Waals surface area contributed by atoms with Gasteiger partial charge in [-0.1, -0.05) is 30.3 Å². The highest BCUT2D eigenvalue weighted by Crippen LogP contribution is 2.23. The van der Waals surface area contributed by atoms with Crippen molar-refractivity contribution >= 4 is 34.5 Å². The van der Waals surface area contributed by atoms with Gasteiger partial charge in [-0.05, 0) is 35.7 Å². The molecule has 29 heavy (non-hydrogen) atoms. The van der Waals surface area contributed by atoms with Gasteiger partial charge in [-0.25, -0.2) is 4.39 Å². The summed E-state index contributed by atoms with van der Waals surface area (Å²) in [5.74, 6) is -0.626. The van der Waals surface area contributed by atoms with Crippen LogP contribution in [-0.4, -0.2) is 42.9 Å². The number of piperazine rings is 1. The number of hydrogen-bond donors (Lipinski definition) is 1. The molecule has 0 aliphatic carbocycles. The molecule has 2 amide bonds. The van der Waals surface area contributed by atoms with Crippen LogP contribution in [0.15, 0.2) is 66.0 Å². The molecule has 0 bridgehead atoms. The van der Waals surface area contributed by atoms with Gasteiger partial charge in [0.15, 0.2) is 0 Å². The van der Waals surface area contributed by atoms with Crippen molar-refractivity contribution in [3.8, 4) is 0 Å². The number of nitrogens with zero attached hydrogens (tertiary/aromatic N) is 2. The van der Waals surface area contributed by atoms with Crippen LogP contribution in [0.1, 0.15) is 20.0 Å². The zero-order valence-corrected chi connectivity index (χ0v) is 16.5. The fourth-order valence-corrected chi connectivity index (χ4v) is 4.02. The molecule has 2 aromatic carbocycles. The zero-order chi connectivity index (χ0) is 20.2. The molecule has 1 N–H and O–H groups in total. The number of anilines is 2. The Morgan fingerprint density at radius 2 is 1.62 bits per heavy atom. The maximum atomic E-state index is 14.0. The fraction of sp³-hybridized carbons (Fsp3) is 0.182. The van der Waals surface area contributed by atoms with Gasteiger partial charge >= 0.3 is 0 Å². The largest absolute Gasteiger partial charge is 0.366 e. The molecular weight excluding hydrogens is 389 g/mol. The summed E-state index contributed by atoms with van der Waals surface area (Å²) in [5, 5.41) is 4.67. The average molecular weight is 409 g/mol. The van der Waals surface area contributed by atoms with Crippen molar-refractivity contribution < 1.29 is 14.0 Å². The van der Waals surface area contributed by atoms with Crippen LogP contribution in [0.5, 0.6) is 0 Å². The predicted molar refractivity (Wildman–Crippen MR) is 113 cm³/mol. The number of thiophene rings is 1. The van der Waals surface area contributed by atoms with Gasteiger partial charge in [-0.2, -0.15) is 0 Å². The number of amides is 2. The van der Waals surface area contributed by atoms with Gasteiger partial charge in [0.2, 0.25) is 0 Å². The summed E-state index contributed by atoms with van der Waals surface area (Å²) in [6, 6.07) is 17.2. The highest BCUT2D eigenvalue weighted by atomic mass is 32.1. The second-order valence-corrected chi connectivity index (χ2v) is 7.66. The number of hydrogen-bond acceptors (Lipinski definition) is 4. The molecule has 1 saturated heterocycles. The number of carbonyl (C=O) groups excluding carboxylic acids is 2. The van der Waals surface area contributed by atoms with Gasteiger partial charge in [-0.15, -0.1) is 11.3 Å². The fourth-order valence-electron chi connectivity index (χ4n) is 3.40. The summed E-state index contributed by atoms with van der Waals surface area (Å²) in [7, 11) is 0. The van der Waals surface area contributed by atoms with Gasteiger partial charge in [-0.3, -0.25) is 9.59 Å². The molecule has 5 nitrogen and oxygen atoms in total. The molecule has 3 aromatic rings. The van der Waals surface area contributed by atoms with Crippen LogP contribution < -0.4 is 10.2 Å². The van der Waals surface area contributed by atoms with Crippen molar-refractivity contribution in [2.75, 3.05) is 36.4 Å². The highest BCUT2D eigenvalue weighted by molar-refractivity contribution is 7.12. The summed E-state index contributed by atoms with van der Waals surface area (Å²) in [5.41, 5.74) is 1.51. The molecule has 0 atom stereocenters. The Bertz CT molecular complexity index is 1010. The Morgan fingerprint density at radius 1 is 0.897 bits per heavy atom. The molecule has 0 spiro atoms. The zero-order valence-electron chi connectivity index (χ0n) is 15.7. The smallest absolute Gasteiger partial charge is 0.265 e. The quantitative estimate of drug-likeness (QED) is 0.706. The van der Waals surface area contributed by atoms with Crippen LogP contribution in [0.3, 0.4) is 0 Å². The molecule has 2 heterocycles. The lowest BCUT2D eigenvalue weighted by Crippen LogP contribution is -2.49. The maximum Gasteiger partial charge on any atom is 0.265 e. The summed E-state index contributed by atoms with van der Waals surface area (Å²) in [4.78, 5) is 29.8. The van der Waals surface area contributed by atoms with Crippen LogP contribution in [0.25, 0.3) is 0 Å². The van der Waals surface area contributed by atoms with Gasteiger partial charge in [0, 0.05) is 26.2 Å². The van der Waals surface area contributed by atoms with Gasteiger partial charge in [0.25, 0.3) is 11.8 Å². The second kappa shape index (κ2) is 8.45. The highest BCUT2D eigenvalue weighted by Gasteiger charge is 2.25. The summed E-state index contributed by atoms with van der Waals surface area (Å²) >= 11 is 1.35. The first kappa shape index (κ1) is 19.1. The summed E-state index contributed by atoms with van der Waals surface area (Å²) < 4.78 is 14.0. The van der Waals surface area contributed by atoms with E-state index in [0.29, 0.717) is 48.0 Å². The average Bonchev–Trinajstić information content (AvgIpc) is 3.29. The lowest BCUT2D eigenvalue weighted by atomic mass is 10.1. The van der Waals surface area contributed by atoms with E-state index in [4.69, 9.17) is 0 Å². The lowest BCUT2D eigenvalue weighted by Gasteiger charge is -2.36. The molecule has 1 fully saturated rings. The monoisotopic (exact) mass is 409 g/mol. The Kier molecular flexibility index (Phi) is 5.57. The van der Waals surface area contributed by atoms with Gasteiger partial charge in [0.05, 0.1) is 21.8 Å². The molecule has 0 unspecified atom stereocenters. The molecule has 0 radical (unpaired) electrons. The van der Waals surface area contributed by atoms with E-state index in [1.807, 2.05) is 22.4 Å². The van der Waals surface area contributed by atoms with E-state index in [0.717, 1.165) is 0 Å². The van der Waals surface area contributed by atoms with Crippen LogP contribution in [0.4, 0.5) is 15.8 Å². The summed E-state index contributed by atoms with van der Waals surface area (Å²) in [6.45, 7) is 2.08. The molecule has 7 heteroatoms. The van der Waals surface area contributed by atoms with Gasteiger partial charge < -0.3 is 15.1 Å². The third-order valence-electron chi connectivity index (χ3n) is 4.91. The number of para-hydroxylation sites is 2. The number of benzene rings is 2. The van der Waals surface area contributed by atoms with Crippen LogP contribution >= 0.6 is 11.3 Å². The lowest BCUT2D eigenvalue weighted by molar-refractivity contribution is 0.0747. The molecule has 1 aliphatic rings. The van der Waals surface area contributed by atoms with Crippen LogP contribution in [-0.2, 0) is 0 Å². The number of halogens is 1. The first-order valence-corrected chi connectivity index (χ1v) is 10.2. The maximum absolute atomic E-state index is 14.0. The Balaban J connectivity index is 1.45. The van der Waals surface area contributed by atoms with E-state index in [1.54, 1.807) is 47.4 Å². The molecular formula is C22H20FN3O2S. The third-order valence-corrected chi connectivity index (χ3v) is 5.78. The minimum Gasteiger partial charge on any atom is -0.366 e. The minimum absolute atomic E-state index is 0.139. The predicted octanol–water partition coefficient (Wildman–Crippen LogP) is 4.10. The topological polar surface area (TPSA) is 52.7 Å². The van der Waals surface area contributed by atoms with Crippen LogP contribution in [0.2, 0.25) is 0 Å². The SMILES string of the molecule is O=C(Nc1ccccc1C(=O)N1CCN(c2ccccc2F)CC1)c1cccs1. The Hall–Kier alpha value is -3.19. The van der Waals surface area contributed by atoms with Crippen molar-refractivity contribution in [2.45, 2.75) is 0 Å². The number of rotatable bonds is 4. The summed E-state index contributed by atoms with van der Waals surface area (Å²) in [6.07, 6.45) is 0. The van der Waals surface area contributed by atoms with Crippen molar-refractivity contribution in [1.29, 1.82) is 0 Å². The van der Waals surface area contributed by atoms with E-state index in [-0.39, 0.29) is 17.6 Å². The van der Waals surface area contributed by atoms with Crippen molar-refractivity contribution in [3.63, 3.8) is 0 Å². The second-order valence-electron chi connectivity index (χ2n) is 6.71. The Labute approximate surface area is 172 Å². The Morgan fingerprint density at radius 3 is 2.34 bits per heavy atom. The van der Waals surface area contributed by atoms with E-state index in [9.17, 15) is 14.0 Å². The molecule has 0 saturated carbocycles. The van der Waals surface area contributed by atoms with E-state index < -0.39 is 0 Å². The molecule has 1 aliphatic heterocycles. The number of carbonyl (C=O) groups is 2. The van der Waals surface area contributed by atoms with Crippen LogP contribution in [0, 0.1) is 5.82 Å². The van der Waals surface area contributed by atoms with Gasteiger partial charge in [0.1, 0.15) is 5.82 Å². The molecule has 1 aromatic heterocycles. The van der Waals surface area contributed by atoms with E-state index >= 15 is 0 Å². The van der Waals surface area contributed by atoms with Crippen molar-refractivity contribution in [3.05, 3.63) is 82.3 Å². The van der Waals surface area contributed by atoms with Crippen molar-refractivity contribution in [1.82, 2.24) is 4.90 Å². The standard InChI is InChI=1S/C22H20FN3O2S/c23-17-7-2-4-9-19(17)25-11-13-26(14-12-25)22(28)16-6-1-3-8-18(16)24-21(27)20-10-5-15-29-20/h1-10,15H,11-14H2,(H,24,27).